The largest absolute Gasteiger partial charge is 0.412 e. The molecule has 0 saturated heterocycles. The number of unbranched alkanes of at least 4 members (excludes halogenated alkanes) is 5. The van der Waals surface area contributed by atoms with Crippen molar-refractivity contribution in [3.63, 3.8) is 0 Å². The summed E-state index contributed by atoms with van der Waals surface area (Å²) in [7, 11) is 0. The zero-order valence-corrected chi connectivity index (χ0v) is 7.03. The third kappa shape index (κ3) is 10.8. The Morgan fingerprint density at radius 2 is 1.40 bits per heavy atom. The van der Waals surface area contributed by atoms with Gasteiger partial charge in [0.25, 0.3) is 0 Å². The Bertz CT molecular complexity index is 42.5. The van der Waals surface area contributed by atoms with Gasteiger partial charge in [-0.15, -0.1) is 0 Å². The Morgan fingerprint density at radius 3 is 1.90 bits per heavy atom. The van der Waals surface area contributed by atoms with Crippen LogP contribution in [0.4, 0.5) is 0 Å². The van der Waals surface area contributed by atoms with Crippen molar-refractivity contribution in [3.8, 4) is 0 Å². The maximum Gasteiger partial charge on any atom is -0.00773 e. The number of nitrogens with two attached hydrogens (primary N) is 1. The molecule has 0 unspecified atom stereocenters. The van der Waals surface area contributed by atoms with Crippen LogP contribution in [0.3, 0.4) is 0 Å². The molecule has 0 aliphatic rings. The minimum atomic E-state index is 0. The summed E-state index contributed by atoms with van der Waals surface area (Å²) in [6.07, 6.45) is 8.05. The van der Waals surface area contributed by atoms with Gasteiger partial charge in [0.15, 0.2) is 0 Å². The maximum atomic E-state index is 5.34. The van der Waals surface area contributed by atoms with Gasteiger partial charge in [-0.05, 0) is 13.0 Å². The molecule has 0 aliphatic carbocycles. The van der Waals surface area contributed by atoms with Crippen LogP contribution in [0, 0.1) is 0 Å². The van der Waals surface area contributed by atoms with Gasteiger partial charge in [0.1, 0.15) is 0 Å². The van der Waals surface area contributed by atoms with Crippen LogP contribution in [-0.2, 0) is 0 Å². The molecule has 0 spiro atoms. The van der Waals surface area contributed by atoms with Crippen molar-refractivity contribution in [2.45, 2.75) is 45.4 Å². The van der Waals surface area contributed by atoms with Gasteiger partial charge in [-0.3, -0.25) is 0 Å². The molecule has 2 heteroatoms. The molecular formula is C8H21NO. The summed E-state index contributed by atoms with van der Waals surface area (Å²) in [4.78, 5) is 0. The summed E-state index contributed by atoms with van der Waals surface area (Å²) in [5, 5.41) is 0. The first-order valence-corrected chi connectivity index (χ1v) is 4.12. The molecule has 0 atom stereocenters. The fraction of sp³-hybridized carbons (Fsp3) is 1.00. The lowest BCUT2D eigenvalue weighted by atomic mass is 10.1. The zero-order chi connectivity index (χ0) is 6.95. The lowest BCUT2D eigenvalue weighted by molar-refractivity contribution is 0.612. The fourth-order valence-electron chi connectivity index (χ4n) is 0.925. The Kier molecular flexibility index (Phi) is 14.7. The van der Waals surface area contributed by atoms with Crippen LogP contribution in [0.15, 0.2) is 0 Å². The summed E-state index contributed by atoms with van der Waals surface area (Å²) in [6, 6.07) is 0. The van der Waals surface area contributed by atoms with Gasteiger partial charge in [0.2, 0.25) is 0 Å². The number of hydrogen-bond donors (Lipinski definition) is 1. The maximum absolute atomic E-state index is 5.34. The Hall–Kier alpha value is -0.0800. The highest BCUT2D eigenvalue weighted by atomic mass is 16.0. The van der Waals surface area contributed by atoms with Gasteiger partial charge in [-0.25, -0.2) is 0 Å². The van der Waals surface area contributed by atoms with Crippen LogP contribution in [0.5, 0.6) is 0 Å². The van der Waals surface area contributed by atoms with Crippen molar-refractivity contribution in [2.24, 2.45) is 5.73 Å². The summed E-state index contributed by atoms with van der Waals surface area (Å²) in [6.45, 7) is 3.11. The molecule has 10 heavy (non-hydrogen) atoms. The first-order valence-electron chi connectivity index (χ1n) is 4.12. The molecule has 0 amide bonds. The van der Waals surface area contributed by atoms with Crippen molar-refractivity contribution in [1.82, 2.24) is 0 Å². The number of rotatable bonds is 6. The summed E-state index contributed by atoms with van der Waals surface area (Å²) >= 11 is 0. The van der Waals surface area contributed by atoms with Crippen LogP contribution in [-0.4, -0.2) is 12.0 Å². The number of hydrogen-bond acceptors (Lipinski definition) is 1. The van der Waals surface area contributed by atoms with Crippen LogP contribution in [0.2, 0.25) is 0 Å². The SMILES string of the molecule is CCCCCCCCN.O. The molecule has 0 aromatic carbocycles. The average molecular weight is 147 g/mol. The molecule has 0 heterocycles. The van der Waals surface area contributed by atoms with Crippen molar-refractivity contribution >= 4 is 0 Å². The van der Waals surface area contributed by atoms with E-state index in [0.717, 1.165) is 6.54 Å². The van der Waals surface area contributed by atoms with E-state index in [2.05, 4.69) is 6.92 Å². The highest BCUT2D eigenvalue weighted by Gasteiger charge is 1.85. The normalized spacial score (nSPS) is 9.00. The first-order chi connectivity index (χ1) is 4.41. The molecule has 0 aromatic rings. The molecule has 0 bridgehead atoms. The topological polar surface area (TPSA) is 57.5 Å². The van der Waals surface area contributed by atoms with E-state index >= 15 is 0 Å². The molecule has 0 rings (SSSR count). The van der Waals surface area contributed by atoms with E-state index < -0.39 is 0 Å². The molecule has 0 aromatic heterocycles. The Balaban J connectivity index is 0. The van der Waals surface area contributed by atoms with Crippen LogP contribution < -0.4 is 5.73 Å². The van der Waals surface area contributed by atoms with Crippen molar-refractivity contribution in [1.29, 1.82) is 0 Å². The van der Waals surface area contributed by atoms with Gasteiger partial charge in [0, 0.05) is 0 Å². The summed E-state index contributed by atoms with van der Waals surface area (Å²) < 4.78 is 0. The lowest BCUT2D eigenvalue weighted by Crippen LogP contribution is -1.97. The zero-order valence-electron chi connectivity index (χ0n) is 7.03. The van der Waals surface area contributed by atoms with Gasteiger partial charge >= 0.3 is 0 Å². The van der Waals surface area contributed by atoms with Crippen molar-refractivity contribution in [3.05, 3.63) is 0 Å². The van der Waals surface area contributed by atoms with Crippen molar-refractivity contribution < 1.29 is 5.48 Å². The Labute approximate surface area is 64.1 Å². The molecule has 2 nitrogen and oxygen atoms in total. The van der Waals surface area contributed by atoms with Gasteiger partial charge in [-0.2, -0.15) is 0 Å². The summed E-state index contributed by atoms with van der Waals surface area (Å²) in [5.74, 6) is 0. The van der Waals surface area contributed by atoms with E-state index in [1.807, 2.05) is 0 Å². The molecule has 0 aliphatic heterocycles. The monoisotopic (exact) mass is 147 g/mol. The van der Waals surface area contributed by atoms with E-state index in [1.54, 1.807) is 0 Å². The molecular weight excluding hydrogens is 126 g/mol. The lowest BCUT2D eigenvalue weighted by Gasteiger charge is -1.96. The van der Waals surface area contributed by atoms with Gasteiger partial charge in [-0.1, -0.05) is 39.0 Å². The van der Waals surface area contributed by atoms with E-state index in [4.69, 9.17) is 5.73 Å². The van der Waals surface area contributed by atoms with Gasteiger partial charge < -0.3 is 11.2 Å². The standard InChI is InChI=1S/C8H19N.H2O/c1-2-3-4-5-6-7-8-9;/h2-9H2,1H3;1H2. The smallest absolute Gasteiger partial charge is 0.00773 e. The van der Waals surface area contributed by atoms with Crippen LogP contribution in [0.1, 0.15) is 45.4 Å². The minimum Gasteiger partial charge on any atom is -0.412 e. The van der Waals surface area contributed by atoms with Crippen molar-refractivity contribution in [2.75, 3.05) is 6.54 Å². The molecule has 4 N–H and O–H groups in total. The Morgan fingerprint density at radius 1 is 0.900 bits per heavy atom. The highest BCUT2D eigenvalue weighted by Crippen LogP contribution is 2.03. The van der Waals surface area contributed by atoms with E-state index in [-0.39, 0.29) is 5.48 Å². The van der Waals surface area contributed by atoms with Crippen LogP contribution in [0.25, 0.3) is 0 Å². The van der Waals surface area contributed by atoms with E-state index in [1.165, 1.54) is 38.5 Å². The molecule has 0 saturated carbocycles. The molecule has 64 valence electrons. The predicted octanol–water partition coefficient (Wildman–Crippen LogP) is 1.48. The summed E-state index contributed by atoms with van der Waals surface area (Å²) in [5.41, 5.74) is 5.34. The third-order valence-corrected chi connectivity index (χ3v) is 1.56. The fourth-order valence-corrected chi connectivity index (χ4v) is 0.925. The average Bonchev–Trinajstić information content (AvgIpc) is 1.89. The third-order valence-electron chi connectivity index (χ3n) is 1.56. The second-order valence-electron chi connectivity index (χ2n) is 2.56. The van der Waals surface area contributed by atoms with Gasteiger partial charge in [0.05, 0.1) is 0 Å². The van der Waals surface area contributed by atoms with E-state index in [0.29, 0.717) is 0 Å². The minimum absolute atomic E-state index is 0. The van der Waals surface area contributed by atoms with E-state index in [9.17, 15) is 0 Å². The van der Waals surface area contributed by atoms with Crippen LogP contribution >= 0.6 is 0 Å². The quantitative estimate of drug-likeness (QED) is 0.568. The molecule has 0 radical (unpaired) electrons. The predicted molar refractivity (Wildman–Crippen MR) is 46.0 cm³/mol. The second-order valence-corrected chi connectivity index (χ2v) is 2.56. The first kappa shape index (κ1) is 12.6. The molecule has 0 fully saturated rings. The highest BCUT2D eigenvalue weighted by molar-refractivity contribution is 4.43. The second kappa shape index (κ2) is 11.7.